The van der Waals surface area contributed by atoms with Crippen LogP contribution in [0.1, 0.15) is 27.2 Å². The fraction of sp³-hybridized carbons (Fsp3) is 0.200. The predicted octanol–water partition coefficient (Wildman–Crippen LogP) is 4.46. The number of rotatable bonds is 5. The fourth-order valence-electron chi connectivity index (χ4n) is 2.93. The molecule has 1 aromatic heterocycles. The number of carbonyl (C=O) groups excluding carboxylic acids is 2. The Morgan fingerprint density at radius 3 is 2.56 bits per heavy atom. The normalized spacial score (nSPS) is 11.6. The van der Waals surface area contributed by atoms with Crippen LogP contribution in [0.25, 0.3) is 10.9 Å². The number of ether oxygens (including phenoxy) is 1. The topological polar surface area (TPSA) is 59.2 Å². The van der Waals surface area contributed by atoms with Crippen molar-refractivity contribution < 1.29 is 27.5 Å². The van der Waals surface area contributed by atoms with Gasteiger partial charge in [-0.1, -0.05) is 36.4 Å². The summed E-state index contributed by atoms with van der Waals surface area (Å²) in [6.45, 7) is 1.28. The van der Waals surface area contributed by atoms with Crippen molar-refractivity contribution in [2.45, 2.75) is 19.5 Å². The Bertz CT molecular complexity index is 1010. The van der Waals surface area contributed by atoms with Gasteiger partial charge in [0, 0.05) is 22.2 Å². The van der Waals surface area contributed by atoms with Crippen LogP contribution in [0.15, 0.2) is 48.5 Å². The van der Waals surface area contributed by atoms with E-state index in [2.05, 4.69) is 4.98 Å². The smallest absolute Gasteiger partial charge is 0.416 e. The first-order valence-corrected chi connectivity index (χ1v) is 8.18. The van der Waals surface area contributed by atoms with Crippen LogP contribution in [0.5, 0.6) is 0 Å². The zero-order chi connectivity index (χ0) is 19.6. The molecule has 0 atom stereocenters. The quantitative estimate of drug-likeness (QED) is 0.529. The number of Topliss-reactive ketones (excluding diaryl/α,β-unsaturated/α-hetero) is 1. The summed E-state index contributed by atoms with van der Waals surface area (Å²) in [6.07, 6.45) is -4.83. The van der Waals surface area contributed by atoms with E-state index in [9.17, 15) is 22.8 Å². The molecule has 0 amide bonds. The summed E-state index contributed by atoms with van der Waals surface area (Å²) in [7, 11) is 0. The zero-order valence-electron chi connectivity index (χ0n) is 14.4. The molecule has 0 saturated heterocycles. The maximum absolute atomic E-state index is 12.7. The second-order valence-electron chi connectivity index (χ2n) is 6.13. The second kappa shape index (κ2) is 7.26. The molecule has 0 aliphatic heterocycles. The highest BCUT2D eigenvalue weighted by Crippen LogP contribution is 2.29. The molecule has 0 radical (unpaired) electrons. The molecule has 0 spiro atoms. The van der Waals surface area contributed by atoms with Gasteiger partial charge in [-0.25, -0.2) is 0 Å². The molecular weight excluding hydrogens is 359 g/mol. The molecule has 3 rings (SSSR count). The first-order chi connectivity index (χ1) is 12.8. The van der Waals surface area contributed by atoms with Gasteiger partial charge in [0.25, 0.3) is 0 Å². The molecule has 2 aromatic carbocycles. The van der Waals surface area contributed by atoms with Crippen LogP contribution in [-0.4, -0.2) is 23.3 Å². The van der Waals surface area contributed by atoms with Crippen molar-refractivity contribution in [3.05, 3.63) is 70.9 Å². The molecule has 0 aliphatic carbocycles. The van der Waals surface area contributed by atoms with Crippen molar-refractivity contribution >= 4 is 22.7 Å². The number of fused-ring (bicyclic) bond motifs is 1. The fourth-order valence-corrected chi connectivity index (χ4v) is 2.93. The van der Waals surface area contributed by atoms with Crippen molar-refractivity contribution in [1.29, 1.82) is 0 Å². The number of benzene rings is 2. The van der Waals surface area contributed by atoms with Gasteiger partial charge in [-0.3, -0.25) is 9.59 Å². The van der Waals surface area contributed by atoms with E-state index in [4.69, 9.17) is 4.74 Å². The molecule has 1 N–H and O–H groups in total. The number of carbonyl (C=O) groups is 2. The highest BCUT2D eigenvalue weighted by Gasteiger charge is 2.30. The largest absolute Gasteiger partial charge is 0.457 e. The molecule has 0 aliphatic rings. The summed E-state index contributed by atoms with van der Waals surface area (Å²) in [5, 5.41) is 0.730. The van der Waals surface area contributed by atoms with Crippen molar-refractivity contribution in [3.8, 4) is 0 Å². The SMILES string of the molecule is Cc1[nH]c2ccccc2c1C(=O)COC(=O)Cc1cccc(C(F)(F)F)c1. The third-order valence-electron chi connectivity index (χ3n) is 4.14. The monoisotopic (exact) mass is 375 g/mol. The van der Waals surface area contributed by atoms with E-state index in [-0.39, 0.29) is 17.8 Å². The Morgan fingerprint density at radius 1 is 1.07 bits per heavy atom. The second-order valence-corrected chi connectivity index (χ2v) is 6.13. The van der Waals surface area contributed by atoms with Gasteiger partial charge in [0.15, 0.2) is 6.61 Å². The van der Waals surface area contributed by atoms with Crippen molar-refractivity contribution in [2.24, 2.45) is 0 Å². The van der Waals surface area contributed by atoms with Gasteiger partial charge in [-0.15, -0.1) is 0 Å². The molecule has 0 fully saturated rings. The summed E-state index contributed by atoms with van der Waals surface area (Å²) >= 11 is 0. The summed E-state index contributed by atoms with van der Waals surface area (Å²) in [6, 6.07) is 11.7. The number of aromatic nitrogens is 1. The van der Waals surface area contributed by atoms with Crippen LogP contribution in [0, 0.1) is 6.92 Å². The number of alkyl halides is 3. The molecule has 0 bridgehead atoms. The van der Waals surface area contributed by atoms with Crippen molar-refractivity contribution in [1.82, 2.24) is 4.98 Å². The van der Waals surface area contributed by atoms with Gasteiger partial charge in [0.05, 0.1) is 12.0 Å². The van der Waals surface area contributed by atoms with Crippen LogP contribution in [-0.2, 0) is 22.1 Å². The number of H-pyrrole nitrogens is 1. The number of ketones is 1. The molecular formula is C20H16F3NO3. The molecule has 27 heavy (non-hydrogen) atoms. The highest BCUT2D eigenvalue weighted by atomic mass is 19.4. The molecule has 0 unspecified atom stereocenters. The average Bonchev–Trinajstić information content (AvgIpc) is 2.95. The van der Waals surface area contributed by atoms with Crippen molar-refractivity contribution in [3.63, 3.8) is 0 Å². The summed E-state index contributed by atoms with van der Waals surface area (Å²) in [4.78, 5) is 27.5. The van der Waals surface area contributed by atoms with Crippen LogP contribution in [0.4, 0.5) is 13.2 Å². The number of nitrogens with one attached hydrogen (secondary N) is 1. The van der Waals surface area contributed by atoms with Gasteiger partial charge in [-0.2, -0.15) is 13.2 Å². The standard InChI is InChI=1S/C20H16F3NO3/c1-12-19(15-7-2-3-8-16(15)24-12)17(25)11-27-18(26)10-13-5-4-6-14(9-13)20(21,22)23/h2-9,24H,10-11H2,1H3. The van der Waals surface area contributed by atoms with E-state index in [0.29, 0.717) is 11.3 Å². The molecule has 140 valence electrons. The van der Waals surface area contributed by atoms with Crippen LogP contribution < -0.4 is 0 Å². The highest BCUT2D eigenvalue weighted by molar-refractivity contribution is 6.10. The first kappa shape index (κ1) is 18.7. The molecule has 1 heterocycles. The van der Waals surface area contributed by atoms with Gasteiger partial charge < -0.3 is 9.72 Å². The summed E-state index contributed by atoms with van der Waals surface area (Å²) in [5.74, 6) is -1.14. The van der Waals surface area contributed by atoms with E-state index >= 15 is 0 Å². The number of aromatic amines is 1. The number of hydrogen-bond acceptors (Lipinski definition) is 3. The van der Waals surface area contributed by atoms with Crippen LogP contribution in [0.3, 0.4) is 0 Å². The third-order valence-corrected chi connectivity index (χ3v) is 4.14. The lowest BCUT2D eigenvalue weighted by Crippen LogP contribution is -2.16. The Kier molecular flexibility index (Phi) is 5.03. The number of halogens is 3. The lowest BCUT2D eigenvalue weighted by Gasteiger charge is -2.09. The van der Waals surface area contributed by atoms with E-state index in [1.165, 1.54) is 12.1 Å². The third kappa shape index (κ3) is 4.19. The van der Waals surface area contributed by atoms with Gasteiger partial charge in [-0.05, 0) is 24.6 Å². The predicted molar refractivity (Wildman–Crippen MR) is 93.5 cm³/mol. The number of aryl methyl sites for hydroxylation is 1. The lowest BCUT2D eigenvalue weighted by atomic mass is 10.1. The number of esters is 1. The first-order valence-electron chi connectivity index (χ1n) is 8.18. The Balaban J connectivity index is 1.65. The lowest BCUT2D eigenvalue weighted by molar-refractivity contribution is -0.142. The van der Waals surface area contributed by atoms with Gasteiger partial charge in [0.2, 0.25) is 5.78 Å². The van der Waals surface area contributed by atoms with Gasteiger partial charge in [0.1, 0.15) is 0 Å². The van der Waals surface area contributed by atoms with E-state index < -0.39 is 24.3 Å². The minimum absolute atomic E-state index is 0.172. The Labute approximate surface area is 153 Å². The summed E-state index contributed by atoms with van der Waals surface area (Å²) < 4.78 is 43.1. The Morgan fingerprint density at radius 2 is 1.81 bits per heavy atom. The van der Waals surface area contributed by atoms with Crippen LogP contribution >= 0.6 is 0 Å². The molecule has 3 aromatic rings. The minimum atomic E-state index is -4.48. The van der Waals surface area contributed by atoms with Crippen molar-refractivity contribution in [2.75, 3.05) is 6.61 Å². The van der Waals surface area contributed by atoms with E-state index in [1.807, 2.05) is 12.1 Å². The Hall–Kier alpha value is -3.09. The molecule has 7 heteroatoms. The molecule has 4 nitrogen and oxygen atoms in total. The minimum Gasteiger partial charge on any atom is -0.457 e. The number of hydrogen-bond donors (Lipinski definition) is 1. The summed E-state index contributed by atoms with van der Waals surface area (Å²) in [5.41, 5.74) is 1.24. The van der Waals surface area contributed by atoms with Crippen LogP contribution in [0.2, 0.25) is 0 Å². The molecule has 0 saturated carbocycles. The number of para-hydroxylation sites is 1. The van der Waals surface area contributed by atoms with Gasteiger partial charge >= 0.3 is 12.1 Å². The average molecular weight is 375 g/mol. The van der Waals surface area contributed by atoms with E-state index in [1.54, 1.807) is 19.1 Å². The van der Waals surface area contributed by atoms with E-state index in [0.717, 1.165) is 23.0 Å². The zero-order valence-corrected chi connectivity index (χ0v) is 14.4. The maximum atomic E-state index is 12.7. The maximum Gasteiger partial charge on any atom is 0.416 e.